The summed E-state index contributed by atoms with van der Waals surface area (Å²) in [5.41, 5.74) is 7.70. The molecule has 0 fully saturated rings. The number of hydrogen-bond acceptors (Lipinski definition) is 3. The summed E-state index contributed by atoms with van der Waals surface area (Å²) >= 11 is 3.42. The molecule has 2 rings (SSSR count). The van der Waals surface area contributed by atoms with Crippen molar-refractivity contribution in [2.45, 2.75) is 6.92 Å². The van der Waals surface area contributed by atoms with E-state index in [1.807, 2.05) is 25.1 Å². The van der Waals surface area contributed by atoms with Gasteiger partial charge in [-0.3, -0.25) is 4.79 Å². The number of anilines is 2. The van der Waals surface area contributed by atoms with Crippen LogP contribution in [0.5, 0.6) is 0 Å². The summed E-state index contributed by atoms with van der Waals surface area (Å²) in [5.74, 6) is 0.189. The number of rotatable bonds is 2. The number of carbonyl (C=O) groups is 1. The quantitative estimate of drug-likeness (QED) is 0.896. The van der Waals surface area contributed by atoms with Crippen molar-refractivity contribution in [3.05, 3.63) is 52.1 Å². The third-order valence-electron chi connectivity index (χ3n) is 2.56. The van der Waals surface area contributed by atoms with Crippen molar-refractivity contribution >= 4 is 33.3 Å². The monoisotopic (exact) mass is 305 g/mol. The minimum atomic E-state index is -0.205. The molecular formula is C13H12BrN3O. The number of nitrogens with two attached hydrogens (primary N) is 1. The Bertz CT molecular complexity index is 581. The van der Waals surface area contributed by atoms with Crippen LogP contribution in [-0.2, 0) is 0 Å². The standard InChI is InChI=1S/C13H12BrN3O/c1-8-10(14)3-2-4-11(8)17-13(18)9-5-6-12(15)16-7-9/h2-7H,1H3,(H2,15,16)(H,17,18). The fourth-order valence-corrected chi connectivity index (χ4v) is 1.84. The summed E-state index contributed by atoms with van der Waals surface area (Å²) in [6.45, 7) is 1.93. The van der Waals surface area contributed by atoms with Crippen LogP contribution in [0.25, 0.3) is 0 Å². The number of aromatic nitrogens is 1. The number of pyridine rings is 1. The fraction of sp³-hybridized carbons (Fsp3) is 0.0769. The van der Waals surface area contributed by atoms with E-state index in [1.54, 1.807) is 12.1 Å². The van der Waals surface area contributed by atoms with Gasteiger partial charge in [0.05, 0.1) is 5.56 Å². The Kier molecular flexibility index (Phi) is 3.62. The van der Waals surface area contributed by atoms with Crippen molar-refractivity contribution in [3.63, 3.8) is 0 Å². The van der Waals surface area contributed by atoms with Crippen molar-refractivity contribution in [2.24, 2.45) is 0 Å². The fourth-order valence-electron chi connectivity index (χ4n) is 1.48. The molecule has 0 aliphatic rings. The van der Waals surface area contributed by atoms with Crippen LogP contribution in [0, 0.1) is 6.92 Å². The van der Waals surface area contributed by atoms with Gasteiger partial charge in [-0.2, -0.15) is 0 Å². The first-order valence-electron chi connectivity index (χ1n) is 5.36. The molecule has 92 valence electrons. The Hall–Kier alpha value is -1.88. The van der Waals surface area contributed by atoms with Gasteiger partial charge in [-0.1, -0.05) is 22.0 Å². The summed E-state index contributed by atoms with van der Waals surface area (Å²) in [4.78, 5) is 15.9. The lowest BCUT2D eigenvalue weighted by molar-refractivity contribution is 0.102. The average molecular weight is 306 g/mol. The predicted molar refractivity (Wildman–Crippen MR) is 75.5 cm³/mol. The van der Waals surface area contributed by atoms with Gasteiger partial charge < -0.3 is 11.1 Å². The van der Waals surface area contributed by atoms with Gasteiger partial charge in [0.1, 0.15) is 5.82 Å². The highest BCUT2D eigenvalue weighted by Crippen LogP contribution is 2.23. The van der Waals surface area contributed by atoms with Gasteiger partial charge in [-0.05, 0) is 36.8 Å². The number of amides is 1. The Morgan fingerprint density at radius 1 is 1.33 bits per heavy atom. The predicted octanol–water partition coefficient (Wildman–Crippen LogP) is 2.99. The summed E-state index contributed by atoms with van der Waals surface area (Å²) in [5, 5.41) is 2.84. The van der Waals surface area contributed by atoms with Crippen molar-refractivity contribution in [1.29, 1.82) is 0 Å². The molecule has 0 unspecified atom stereocenters. The van der Waals surface area contributed by atoms with E-state index in [1.165, 1.54) is 6.20 Å². The van der Waals surface area contributed by atoms with E-state index in [0.717, 1.165) is 15.7 Å². The number of hydrogen-bond donors (Lipinski definition) is 2. The van der Waals surface area contributed by atoms with Crippen molar-refractivity contribution in [1.82, 2.24) is 4.98 Å². The first-order valence-corrected chi connectivity index (χ1v) is 6.15. The van der Waals surface area contributed by atoms with Gasteiger partial charge in [-0.25, -0.2) is 4.98 Å². The normalized spacial score (nSPS) is 10.1. The maximum atomic E-state index is 12.0. The molecule has 3 N–H and O–H groups in total. The van der Waals surface area contributed by atoms with E-state index >= 15 is 0 Å². The summed E-state index contributed by atoms with van der Waals surface area (Å²) in [7, 11) is 0. The smallest absolute Gasteiger partial charge is 0.257 e. The zero-order valence-electron chi connectivity index (χ0n) is 9.77. The number of carbonyl (C=O) groups excluding carboxylic acids is 1. The third kappa shape index (κ3) is 2.68. The molecule has 5 heteroatoms. The molecule has 0 saturated carbocycles. The maximum Gasteiger partial charge on any atom is 0.257 e. The van der Waals surface area contributed by atoms with Gasteiger partial charge >= 0.3 is 0 Å². The zero-order valence-corrected chi connectivity index (χ0v) is 11.4. The molecule has 18 heavy (non-hydrogen) atoms. The maximum absolute atomic E-state index is 12.0. The second kappa shape index (κ2) is 5.18. The van der Waals surface area contributed by atoms with Crippen LogP contribution in [0.1, 0.15) is 15.9 Å². The minimum absolute atomic E-state index is 0.205. The molecule has 1 amide bonds. The van der Waals surface area contributed by atoms with Crippen LogP contribution < -0.4 is 11.1 Å². The lowest BCUT2D eigenvalue weighted by Gasteiger charge is -2.09. The van der Waals surface area contributed by atoms with Crippen LogP contribution in [0.3, 0.4) is 0 Å². The number of benzene rings is 1. The van der Waals surface area contributed by atoms with Crippen molar-refractivity contribution in [3.8, 4) is 0 Å². The molecule has 0 aliphatic heterocycles. The molecule has 4 nitrogen and oxygen atoms in total. The van der Waals surface area contributed by atoms with Crippen LogP contribution >= 0.6 is 15.9 Å². The second-order valence-corrected chi connectivity index (χ2v) is 4.69. The van der Waals surface area contributed by atoms with E-state index in [-0.39, 0.29) is 5.91 Å². The van der Waals surface area contributed by atoms with Crippen LogP contribution in [-0.4, -0.2) is 10.9 Å². The molecular weight excluding hydrogens is 294 g/mol. The van der Waals surface area contributed by atoms with Gasteiger partial charge in [-0.15, -0.1) is 0 Å². The molecule has 1 aromatic carbocycles. The number of nitrogens with zero attached hydrogens (tertiary/aromatic N) is 1. The molecule has 2 aromatic rings. The van der Waals surface area contributed by atoms with Gasteiger partial charge in [0.15, 0.2) is 0 Å². The number of nitrogens with one attached hydrogen (secondary N) is 1. The molecule has 0 atom stereocenters. The molecule has 0 radical (unpaired) electrons. The molecule has 0 spiro atoms. The van der Waals surface area contributed by atoms with E-state index in [2.05, 4.69) is 26.2 Å². The summed E-state index contributed by atoms with van der Waals surface area (Å²) < 4.78 is 0.954. The SMILES string of the molecule is Cc1c(Br)cccc1NC(=O)c1ccc(N)nc1. The zero-order chi connectivity index (χ0) is 13.1. The molecule has 1 heterocycles. The van der Waals surface area contributed by atoms with E-state index < -0.39 is 0 Å². The summed E-state index contributed by atoms with van der Waals surface area (Å²) in [6, 6.07) is 8.89. The Morgan fingerprint density at radius 3 is 2.78 bits per heavy atom. The number of halogens is 1. The minimum Gasteiger partial charge on any atom is -0.384 e. The second-order valence-electron chi connectivity index (χ2n) is 3.84. The van der Waals surface area contributed by atoms with Gasteiger partial charge in [0.2, 0.25) is 0 Å². The average Bonchev–Trinajstić information content (AvgIpc) is 2.36. The summed E-state index contributed by atoms with van der Waals surface area (Å²) in [6.07, 6.45) is 1.46. The highest BCUT2D eigenvalue weighted by molar-refractivity contribution is 9.10. The number of nitrogen functional groups attached to an aromatic ring is 1. The van der Waals surface area contributed by atoms with Crippen molar-refractivity contribution < 1.29 is 4.79 Å². The Balaban J connectivity index is 2.21. The molecule has 1 aromatic heterocycles. The highest BCUT2D eigenvalue weighted by Gasteiger charge is 2.08. The largest absolute Gasteiger partial charge is 0.384 e. The van der Waals surface area contributed by atoms with E-state index in [9.17, 15) is 4.79 Å². The first-order chi connectivity index (χ1) is 8.58. The molecule has 0 bridgehead atoms. The van der Waals surface area contributed by atoms with E-state index in [0.29, 0.717) is 11.4 Å². The van der Waals surface area contributed by atoms with Gasteiger partial charge in [0.25, 0.3) is 5.91 Å². The highest BCUT2D eigenvalue weighted by atomic mass is 79.9. The van der Waals surface area contributed by atoms with Crippen molar-refractivity contribution in [2.75, 3.05) is 11.1 Å². The van der Waals surface area contributed by atoms with Crippen LogP contribution in [0.4, 0.5) is 11.5 Å². The van der Waals surface area contributed by atoms with Gasteiger partial charge in [0, 0.05) is 16.4 Å². The van der Waals surface area contributed by atoms with Crippen LogP contribution in [0.2, 0.25) is 0 Å². The lowest BCUT2D eigenvalue weighted by atomic mass is 10.2. The molecule has 0 aliphatic carbocycles. The Morgan fingerprint density at radius 2 is 2.11 bits per heavy atom. The van der Waals surface area contributed by atoms with Crippen LogP contribution in [0.15, 0.2) is 41.0 Å². The third-order valence-corrected chi connectivity index (χ3v) is 3.42. The first kappa shape index (κ1) is 12.6. The lowest BCUT2D eigenvalue weighted by Crippen LogP contribution is -2.13. The van der Waals surface area contributed by atoms with E-state index in [4.69, 9.17) is 5.73 Å². The topological polar surface area (TPSA) is 68.0 Å². The Labute approximate surface area is 113 Å². The molecule has 0 saturated heterocycles.